The van der Waals surface area contributed by atoms with Crippen molar-refractivity contribution in [2.24, 2.45) is 0 Å². The molecular formula is C11H14N6O. The van der Waals surface area contributed by atoms with E-state index in [-0.39, 0.29) is 0 Å². The van der Waals surface area contributed by atoms with Crippen LogP contribution in [0.25, 0.3) is 11.0 Å². The van der Waals surface area contributed by atoms with Crippen LogP contribution < -0.4 is 10.2 Å². The molecule has 18 heavy (non-hydrogen) atoms. The highest BCUT2D eigenvalue weighted by Crippen LogP contribution is 2.28. The Kier molecular flexibility index (Phi) is 2.13. The smallest absolute Gasteiger partial charge is 0.229 e. The van der Waals surface area contributed by atoms with Gasteiger partial charge in [-0.15, -0.1) is 0 Å². The Bertz CT molecular complexity index is 588. The van der Waals surface area contributed by atoms with E-state index in [4.69, 9.17) is 4.74 Å². The molecule has 0 aromatic carbocycles. The number of aromatic nitrogens is 4. The van der Waals surface area contributed by atoms with Gasteiger partial charge in [0.2, 0.25) is 5.95 Å². The Balaban J connectivity index is 1.82. The number of rotatable bonds is 1. The van der Waals surface area contributed by atoms with Crippen molar-refractivity contribution in [3.05, 3.63) is 5.69 Å². The summed E-state index contributed by atoms with van der Waals surface area (Å²) in [6.45, 7) is 4.03. The molecule has 0 atom stereocenters. The molecule has 2 aromatic heterocycles. The van der Waals surface area contributed by atoms with E-state index in [0.29, 0.717) is 0 Å². The van der Waals surface area contributed by atoms with Crippen LogP contribution in [0.1, 0.15) is 5.69 Å². The molecule has 0 saturated carbocycles. The van der Waals surface area contributed by atoms with E-state index in [0.717, 1.165) is 67.8 Å². The van der Waals surface area contributed by atoms with Crippen molar-refractivity contribution in [2.45, 2.75) is 6.42 Å². The molecule has 0 amide bonds. The Hall–Kier alpha value is -1.89. The van der Waals surface area contributed by atoms with Gasteiger partial charge in [0.25, 0.3) is 0 Å². The molecule has 0 bridgehead atoms. The first kappa shape index (κ1) is 10.1. The summed E-state index contributed by atoms with van der Waals surface area (Å²) < 4.78 is 5.35. The number of H-pyrrole nitrogens is 1. The lowest BCUT2D eigenvalue weighted by atomic mass is 10.2. The van der Waals surface area contributed by atoms with Crippen molar-refractivity contribution in [3.63, 3.8) is 0 Å². The average molecular weight is 246 g/mol. The van der Waals surface area contributed by atoms with Gasteiger partial charge in [0.15, 0.2) is 5.65 Å². The number of anilines is 2. The summed E-state index contributed by atoms with van der Waals surface area (Å²) in [5, 5.41) is 11.7. The van der Waals surface area contributed by atoms with Crippen LogP contribution in [0.4, 0.5) is 11.8 Å². The van der Waals surface area contributed by atoms with Gasteiger partial charge in [0, 0.05) is 26.1 Å². The van der Waals surface area contributed by atoms with E-state index in [9.17, 15) is 0 Å². The van der Waals surface area contributed by atoms with Gasteiger partial charge >= 0.3 is 0 Å². The summed E-state index contributed by atoms with van der Waals surface area (Å²) >= 11 is 0. The molecule has 94 valence electrons. The second-order valence-corrected chi connectivity index (χ2v) is 4.54. The zero-order valence-corrected chi connectivity index (χ0v) is 9.94. The van der Waals surface area contributed by atoms with E-state index in [2.05, 4.69) is 30.4 Å². The summed E-state index contributed by atoms with van der Waals surface area (Å²) in [4.78, 5) is 11.3. The number of hydrogen-bond donors (Lipinski definition) is 2. The van der Waals surface area contributed by atoms with E-state index in [1.807, 2.05) is 0 Å². The first-order valence-electron chi connectivity index (χ1n) is 6.23. The van der Waals surface area contributed by atoms with Gasteiger partial charge in [-0.3, -0.25) is 5.10 Å². The molecule has 4 heterocycles. The van der Waals surface area contributed by atoms with Gasteiger partial charge in [0.05, 0.1) is 24.3 Å². The van der Waals surface area contributed by atoms with Crippen LogP contribution in [-0.2, 0) is 11.2 Å². The van der Waals surface area contributed by atoms with Gasteiger partial charge < -0.3 is 15.0 Å². The van der Waals surface area contributed by atoms with Crippen molar-refractivity contribution < 1.29 is 4.74 Å². The number of morpholine rings is 1. The molecule has 0 radical (unpaired) electrons. The third-order valence-corrected chi connectivity index (χ3v) is 3.43. The zero-order chi connectivity index (χ0) is 11.9. The molecule has 0 aliphatic carbocycles. The molecule has 2 aliphatic rings. The van der Waals surface area contributed by atoms with Crippen LogP contribution in [0.15, 0.2) is 0 Å². The number of hydrogen-bond acceptors (Lipinski definition) is 6. The summed E-state index contributed by atoms with van der Waals surface area (Å²) in [7, 11) is 0. The molecular weight excluding hydrogens is 232 g/mol. The molecule has 7 heteroatoms. The van der Waals surface area contributed by atoms with Gasteiger partial charge in [-0.2, -0.15) is 15.1 Å². The first-order chi connectivity index (χ1) is 8.92. The lowest BCUT2D eigenvalue weighted by molar-refractivity contribution is 0.122. The minimum absolute atomic E-state index is 0.735. The second kappa shape index (κ2) is 3.81. The lowest BCUT2D eigenvalue weighted by Gasteiger charge is -2.27. The van der Waals surface area contributed by atoms with Crippen LogP contribution in [0.5, 0.6) is 0 Å². The third-order valence-electron chi connectivity index (χ3n) is 3.43. The highest BCUT2D eigenvalue weighted by Gasteiger charge is 2.21. The molecule has 7 nitrogen and oxygen atoms in total. The molecule has 4 rings (SSSR count). The average Bonchev–Trinajstić information content (AvgIpc) is 2.85. The fourth-order valence-electron chi connectivity index (χ4n) is 2.49. The first-order valence-corrected chi connectivity index (χ1v) is 6.23. The van der Waals surface area contributed by atoms with E-state index >= 15 is 0 Å². The summed E-state index contributed by atoms with van der Waals surface area (Å²) in [6, 6.07) is 0. The number of nitrogens with zero attached hydrogens (tertiary/aromatic N) is 4. The minimum Gasteiger partial charge on any atom is -0.378 e. The molecule has 0 spiro atoms. The van der Waals surface area contributed by atoms with Crippen LogP contribution in [0, 0.1) is 0 Å². The van der Waals surface area contributed by atoms with Crippen LogP contribution in [0.2, 0.25) is 0 Å². The Morgan fingerprint density at radius 2 is 2.06 bits per heavy atom. The maximum absolute atomic E-state index is 5.35. The Labute approximate surface area is 104 Å². The van der Waals surface area contributed by atoms with E-state index < -0.39 is 0 Å². The monoisotopic (exact) mass is 246 g/mol. The third kappa shape index (κ3) is 1.43. The predicted molar refractivity (Wildman–Crippen MR) is 66.9 cm³/mol. The molecule has 1 saturated heterocycles. The normalized spacial score (nSPS) is 19.0. The highest BCUT2D eigenvalue weighted by molar-refractivity contribution is 5.91. The fourth-order valence-corrected chi connectivity index (χ4v) is 2.49. The van der Waals surface area contributed by atoms with Gasteiger partial charge in [-0.05, 0) is 0 Å². The molecule has 1 fully saturated rings. The van der Waals surface area contributed by atoms with Crippen molar-refractivity contribution in [3.8, 4) is 0 Å². The number of ether oxygens (including phenoxy) is 1. The van der Waals surface area contributed by atoms with E-state index in [1.54, 1.807) is 0 Å². The zero-order valence-electron chi connectivity index (χ0n) is 9.94. The van der Waals surface area contributed by atoms with Crippen LogP contribution in [0.3, 0.4) is 0 Å². The standard InChI is InChI=1S/C11H14N6O/c1-2-12-9-8-7(1)15-16-10(8)14-11(13-9)17-3-5-18-6-4-17/h1-6H2,(H2,12,13,14,15,16). The maximum Gasteiger partial charge on any atom is 0.229 e. The van der Waals surface area contributed by atoms with Crippen molar-refractivity contribution in [1.29, 1.82) is 0 Å². The maximum atomic E-state index is 5.35. The SMILES string of the molecule is C1Cc2n[nH]c3nc(N4CCOCC4)nc(c23)N1. The van der Waals surface area contributed by atoms with Crippen LogP contribution in [-0.4, -0.2) is 53.0 Å². The Morgan fingerprint density at radius 1 is 1.17 bits per heavy atom. The molecule has 0 unspecified atom stereocenters. The highest BCUT2D eigenvalue weighted by atomic mass is 16.5. The van der Waals surface area contributed by atoms with Crippen molar-refractivity contribution in [1.82, 2.24) is 20.2 Å². The predicted octanol–water partition coefficient (Wildman–Crippen LogP) is 0.157. The molecule has 2 N–H and O–H groups in total. The van der Waals surface area contributed by atoms with Gasteiger partial charge in [-0.1, -0.05) is 0 Å². The van der Waals surface area contributed by atoms with Crippen molar-refractivity contribution >= 4 is 22.8 Å². The summed E-state index contributed by atoms with van der Waals surface area (Å²) in [5.41, 5.74) is 1.89. The van der Waals surface area contributed by atoms with Gasteiger partial charge in [0.1, 0.15) is 5.82 Å². The topological polar surface area (TPSA) is 79.0 Å². The number of aromatic amines is 1. The largest absolute Gasteiger partial charge is 0.378 e. The Morgan fingerprint density at radius 3 is 2.94 bits per heavy atom. The summed E-state index contributed by atoms with van der Waals surface area (Å²) in [5.74, 6) is 1.65. The van der Waals surface area contributed by atoms with Crippen LogP contribution >= 0.6 is 0 Å². The second-order valence-electron chi connectivity index (χ2n) is 4.54. The van der Waals surface area contributed by atoms with E-state index in [1.165, 1.54) is 0 Å². The molecule has 2 aliphatic heterocycles. The molecule has 2 aromatic rings. The number of nitrogens with one attached hydrogen (secondary N) is 2. The van der Waals surface area contributed by atoms with Gasteiger partial charge in [-0.25, -0.2) is 0 Å². The lowest BCUT2D eigenvalue weighted by Crippen LogP contribution is -2.37. The fraction of sp³-hybridized carbons (Fsp3) is 0.545. The quantitative estimate of drug-likeness (QED) is 0.746. The minimum atomic E-state index is 0.735. The summed E-state index contributed by atoms with van der Waals surface area (Å²) in [6.07, 6.45) is 0.924. The van der Waals surface area contributed by atoms with Crippen molar-refractivity contribution in [2.75, 3.05) is 43.1 Å².